The number of hydrogen-bond acceptors (Lipinski definition) is 4. The number of ether oxygens (including phenoxy) is 1. The van der Waals surface area contributed by atoms with Crippen LogP contribution in [0.3, 0.4) is 0 Å². The monoisotopic (exact) mass is 282 g/mol. The van der Waals surface area contributed by atoms with Crippen LogP contribution in [-0.4, -0.2) is 24.1 Å². The first kappa shape index (κ1) is 13.8. The van der Waals surface area contributed by atoms with Crippen molar-refractivity contribution in [3.8, 4) is 0 Å². The number of aromatic nitrogens is 1. The van der Waals surface area contributed by atoms with Gasteiger partial charge in [0, 0.05) is 23.9 Å². The summed E-state index contributed by atoms with van der Waals surface area (Å²) in [4.78, 5) is 16.3. The van der Waals surface area contributed by atoms with Gasteiger partial charge in [-0.3, -0.25) is 15.1 Å². The van der Waals surface area contributed by atoms with Gasteiger partial charge in [0.2, 0.25) is 0 Å². The lowest BCUT2D eigenvalue weighted by Gasteiger charge is -2.19. The second-order valence-corrected chi connectivity index (χ2v) is 5.23. The Hall–Kier alpha value is -2.20. The van der Waals surface area contributed by atoms with Crippen LogP contribution < -0.4 is 5.32 Å². The fraction of sp³-hybridized carbons (Fsp3) is 0.294. The zero-order valence-corrected chi connectivity index (χ0v) is 11.9. The van der Waals surface area contributed by atoms with Gasteiger partial charge in [0.25, 0.3) is 0 Å². The van der Waals surface area contributed by atoms with E-state index >= 15 is 0 Å². The van der Waals surface area contributed by atoms with E-state index in [4.69, 9.17) is 4.74 Å². The molecule has 1 aliphatic heterocycles. The molecule has 1 saturated heterocycles. The molecule has 3 rings (SSSR count). The lowest BCUT2D eigenvalue weighted by molar-refractivity contribution is -0.142. The first-order chi connectivity index (χ1) is 10.3. The van der Waals surface area contributed by atoms with Crippen LogP contribution in [0, 0.1) is 0 Å². The van der Waals surface area contributed by atoms with Crippen LogP contribution in [0.4, 0.5) is 0 Å². The van der Waals surface area contributed by atoms with Gasteiger partial charge in [-0.25, -0.2) is 0 Å². The van der Waals surface area contributed by atoms with Crippen molar-refractivity contribution < 1.29 is 9.53 Å². The number of hydrogen-bond donors (Lipinski definition) is 1. The summed E-state index contributed by atoms with van der Waals surface area (Å²) in [6.07, 6.45) is 2.49. The first-order valence-electron chi connectivity index (χ1n) is 7.09. The SMILES string of the molecule is COC(=O)[C@H]1C[C@H](c2ccccn2)[C@@H](c2ccccc2)N1. The maximum absolute atomic E-state index is 11.9. The maximum Gasteiger partial charge on any atom is 0.322 e. The minimum absolute atomic E-state index is 0.0743. The molecular weight excluding hydrogens is 264 g/mol. The third-order valence-corrected chi connectivity index (χ3v) is 3.98. The maximum atomic E-state index is 11.9. The van der Waals surface area contributed by atoms with Crippen molar-refractivity contribution in [2.75, 3.05) is 7.11 Å². The van der Waals surface area contributed by atoms with Crippen LogP contribution in [0.5, 0.6) is 0 Å². The van der Waals surface area contributed by atoms with Crippen molar-refractivity contribution >= 4 is 5.97 Å². The minimum Gasteiger partial charge on any atom is -0.468 e. The molecule has 21 heavy (non-hydrogen) atoms. The number of benzene rings is 1. The van der Waals surface area contributed by atoms with Gasteiger partial charge in [-0.2, -0.15) is 0 Å². The fourth-order valence-corrected chi connectivity index (χ4v) is 2.97. The Balaban J connectivity index is 1.93. The molecule has 3 atom stereocenters. The Kier molecular flexibility index (Phi) is 3.97. The van der Waals surface area contributed by atoms with Crippen molar-refractivity contribution in [2.24, 2.45) is 0 Å². The molecule has 4 heteroatoms. The van der Waals surface area contributed by atoms with E-state index in [2.05, 4.69) is 22.4 Å². The average molecular weight is 282 g/mol. The lowest BCUT2D eigenvalue weighted by Crippen LogP contribution is -2.33. The highest BCUT2D eigenvalue weighted by molar-refractivity contribution is 5.76. The standard InChI is InChI=1S/C17H18N2O2/c1-21-17(20)15-11-13(14-9-5-6-10-18-14)16(19-15)12-7-3-2-4-8-12/h2-10,13,15-16,19H,11H2,1H3/t13-,15-,16-/m1/s1. The van der Waals surface area contributed by atoms with Crippen molar-refractivity contribution in [3.05, 3.63) is 66.0 Å². The Morgan fingerprint density at radius 2 is 1.95 bits per heavy atom. The van der Waals surface area contributed by atoms with Crippen molar-refractivity contribution in [1.82, 2.24) is 10.3 Å². The molecule has 0 unspecified atom stereocenters. The number of esters is 1. The molecule has 108 valence electrons. The summed E-state index contributed by atoms with van der Waals surface area (Å²) >= 11 is 0. The van der Waals surface area contributed by atoms with E-state index in [-0.39, 0.29) is 24.0 Å². The molecule has 1 aromatic heterocycles. The number of pyridine rings is 1. The third kappa shape index (κ3) is 2.81. The third-order valence-electron chi connectivity index (χ3n) is 3.98. The second kappa shape index (κ2) is 6.06. The second-order valence-electron chi connectivity index (χ2n) is 5.23. The summed E-state index contributed by atoms with van der Waals surface area (Å²) in [5.41, 5.74) is 2.17. The molecule has 1 fully saturated rings. The van der Waals surface area contributed by atoms with Crippen LogP contribution in [0.2, 0.25) is 0 Å². The van der Waals surface area contributed by atoms with Crippen molar-refractivity contribution in [3.63, 3.8) is 0 Å². The molecule has 1 N–H and O–H groups in total. The molecular formula is C17H18N2O2. The van der Waals surface area contributed by atoms with Crippen molar-refractivity contribution in [1.29, 1.82) is 0 Å². The number of nitrogens with zero attached hydrogens (tertiary/aromatic N) is 1. The number of carbonyl (C=O) groups excluding carboxylic acids is 1. The van der Waals surface area contributed by atoms with Gasteiger partial charge >= 0.3 is 5.97 Å². The normalized spacial score (nSPS) is 24.7. The number of nitrogens with one attached hydrogen (secondary N) is 1. The highest BCUT2D eigenvalue weighted by atomic mass is 16.5. The van der Waals surface area contributed by atoms with Gasteiger partial charge in [-0.15, -0.1) is 0 Å². The minimum atomic E-state index is -0.285. The summed E-state index contributed by atoms with van der Waals surface area (Å²) in [6.45, 7) is 0. The number of methoxy groups -OCH3 is 1. The number of rotatable bonds is 3. The molecule has 0 bridgehead atoms. The quantitative estimate of drug-likeness (QED) is 0.879. The smallest absolute Gasteiger partial charge is 0.322 e. The van der Waals surface area contributed by atoms with Crippen LogP contribution in [0.1, 0.15) is 29.6 Å². The highest BCUT2D eigenvalue weighted by Crippen LogP contribution is 2.39. The fourth-order valence-electron chi connectivity index (χ4n) is 2.97. The average Bonchev–Trinajstić information content (AvgIpc) is 3.01. The molecule has 2 heterocycles. The van der Waals surface area contributed by atoms with E-state index in [9.17, 15) is 4.79 Å². The molecule has 0 amide bonds. The largest absolute Gasteiger partial charge is 0.468 e. The number of carbonyl (C=O) groups is 1. The van der Waals surface area contributed by atoms with Gasteiger partial charge in [-0.05, 0) is 24.1 Å². The van der Waals surface area contributed by atoms with Gasteiger partial charge in [-0.1, -0.05) is 36.4 Å². The lowest BCUT2D eigenvalue weighted by atomic mass is 9.90. The highest BCUT2D eigenvalue weighted by Gasteiger charge is 2.39. The van der Waals surface area contributed by atoms with Crippen LogP contribution in [0.15, 0.2) is 54.7 Å². The topological polar surface area (TPSA) is 51.2 Å². The van der Waals surface area contributed by atoms with Gasteiger partial charge < -0.3 is 4.74 Å². The zero-order chi connectivity index (χ0) is 14.7. The molecule has 1 aromatic carbocycles. The Bertz CT molecular complexity index is 553. The van der Waals surface area contributed by atoms with Gasteiger partial charge in [0.05, 0.1) is 7.11 Å². The molecule has 2 aromatic rings. The zero-order valence-electron chi connectivity index (χ0n) is 11.9. The Morgan fingerprint density at radius 3 is 2.62 bits per heavy atom. The Morgan fingerprint density at radius 1 is 1.19 bits per heavy atom. The van der Waals surface area contributed by atoms with E-state index in [1.54, 1.807) is 6.20 Å². The predicted octanol–water partition coefficient (Wildman–Crippen LogP) is 2.44. The van der Waals surface area contributed by atoms with Gasteiger partial charge in [0.15, 0.2) is 0 Å². The Labute approximate surface area is 124 Å². The van der Waals surface area contributed by atoms with E-state index in [0.717, 1.165) is 5.69 Å². The van der Waals surface area contributed by atoms with Crippen LogP contribution >= 0.6 is 0 Å². The molecule has 0 aliphatic carbocycles. The van der Waals surface area contributed by atoms with Crippen LogP contribution in [0.25, 0.3) is 0 Å². The van der Waals surface area contributed by atoms with E-state index in [1.165, 1.54) is 12.7 Å². The molecule has 0 radical (unpaired) electrons. The summed E-state index contributed by atoms with van der Waals surface area (Å²) < 4.78 is 4.88. The molecule has 0 saturated carbocycles. The summed E-state index contributed by atoms with van der Waals surface area (Å²) in [5, 5.41) is 3.39. The molecule has 0 spiro atoms. The van der Waals surface area contributed by atoms with E-state index < -0.39 is 0 Å². The predicted molar refractivity (Wildman–Crippen MR) is 79.7 cm³/mol. The first-order valence-corrected chi connectivity index (χ1v) is 7.09. The molecule has 1 aliphatic rings. The summed E-state index contributed by atoms with van der Waals surface area (Å²) in [5.74, 6) is -0.0490. The van der Waals surface area contributed by atoms with E-state index in [0.29, 0.717) is 6.42 Å². The van der Waals surface area contributed by atoms with Crippen LogP contribution in [-0.2, 0) is 9.53 Å². The summed E-state index contributed by atoms with van der Waals surface area (Å²) in [6, 6.07) is 15.9. The van der Waals surface area contributed by atoms with Gasteiger partial charge in [0.1, 0.15) is 6.04 Å². The van der Waals surface area contributed by atoms with Crippen molar-refractivity contribution in [2.45, 2.75) is 24.4 Å². The van der Waals surface area contributed by atoms with E-state index in [1.807, 2.05) is 36.4 Å². The summed E-state index contributed by atoms with van der Waals surface area (Å²) in [7, 11) is 1.43. The molecule has 4 nitrogen and oxygen atoms in total.